The van der Waals surface area contributed by atoms with Gasteiger partial charge in [0.1, 0.15) is 11.6 Å². The number of H-pyrrole nitrogens is 1. The molecule has 0 aliphatic heterocycles. The van der Waals surface area contributed by atoms with Gasteiger partial charge >= 0.3 is 0 Å². The van der Waals surface area contributed by atoms with Gasteiger partial charge in [-0.05, 0) is 42.8 Å². The number of nitrogens with zero attached hydrogens (tertiary/aromatic N) is 3. The summed E-state index contributed by atoms with van der Waals surface area (Å²) in [5, 5.41) is 11.0. The van der Waals surface area contributed by atoms with Crippen molar-refractivity contribution in [3.63, 3.8) is 0 Å². The van der Waals surface area contributed by atoms with Gasteiger partial charge in [-0.3, -0.25) is 5.10 Å². The van der Waals surface area contributed by atoms with Crippen LogP contribution in [-0.4, -0.2) is 27.7 Å². The van der Waals surface area contributed by atoms with Crippen LogP contribution in [0.25, 0.3) is 0 Å². The van der Waals surface area contributed by atoms with Crippen LogP contribution in [0.1, 0.15) is 25.2 Å². The maximum absolute atomic E-state index is 5.69. The normalized spacial score (nSPS) is 11.4. The molecule has 0 saturated carbocycles. The Balaban J connectivity index is 2.14. The minimum atomic E-state index is 0.478. The van der Waals surface area contributed by atoms with Gasteiger partial charge < -0.3 is 4.74 Å². The summed E-state index contributed by atoms with van der Waals surface area (Å²) < 4.78 is 7.74. The molecule has 106 valence electrons. The molecule has 1 N–H and O–H groups in total. The second kappa shape index (κ2) is 6.47. The third-order valence-electron chi connectivity index (χ3n) is 2.58. The molecular formula is C14H18N4OS. The van der Waals surface area contributed by atoms with E-state index in [1.807, 2.05) is 31.2 Å². The second-order valence-electron chi connectivity index (χ2n) is 4.91. The van der Waals surface area contributed by atoms with Crippen LogP contribution in [0.15, 0.2) is 29.4 Å². The van der Waals surface area contributed by atoms with Crippen LogP contribution in [0, 0.1) is 17.6 Å². The van der Waals surface area contributed by atoms with Gasteiger partial charge in [0.2, 0.25) is 4.77 Å². The lowest BCUT2D eigenvalue weighted by molar-refractivity contribution is 0.271. The van der Waals surface area contributed by atoms with E-state index in [1.165, 1.54) is 0 Å². The van der Waals surface area contributed by atoms with Crippen molar-refractivity contribution >= 4 is 18.4 Å². The van der Waals surface area contributed by atoms with E-state index >= 15 is 0 Å². The van der Waals surface area contributed by atoms with Gasteiger partial charge in [-0.1, -0.05) is 26.0 Å². The summed E-state index contributed by atoms with van der Waals surface area (Å²) in [6, 6.07) is 7.79. The highest BCUT2D eigenvalue weighted by Crippen LogP contribution is 2.13. The first-order valence-electron chi connectivity index (χ1n) is 6.47. The Kier molecular flexibility index (Phi) is 4.68. The SMILES string of the molecule is Cc1n[nH]c(=S)n1/N=C\c1cccc(OCC(C)C)c1. The Bertz CT molecular complexity index is 657. The Hall–Kier alpha value is -1.95. The van der Waals surface area contributed by atoms with Crippen LogP contribution in [0.2, 0.25) is 0 Å². The zero-order valence-electron chi connectivity index (χ0n) is 11.8. The molecule has 0 radical (unpaired) electrons. The number of nitrogens with one attached hydrogen (secondary N) is 1. The zero-order valence-corrected chi connectivity index (χ0v) is 12.6. The number of rotatable bonds is 5. The number of ether oxygens (including phenoxy) is 1. The van der Waals surface area contributed by atoms with E-state index in [4.69, 9.17) is 17.0 Å². The van der Waals surface area contributed by atoms with Gasteiger partial charge in [-0.25, -0.2) is 0 Å². The zero-order chi connectivity index (χ0) is 14.5. The van der Waals surface area contributed by atoms with Gasteiger partial charge in [0, 0.05) is 0 Å². The highest BCUT2D eigenvalue weighted by atomic mass is 32.1. The Morgan fingerprint density at radius 2 is 2.30 bits per heavy atom. The van der Waals surface area contributed by atoms with Crippen LogP contribution >= 0.6 is 12.2 Å². The summed E-state index contributed by atoms with van der Waals surface area (Å²) in [6.07, 6.45) is 1.74. The first-order chi connectivity index (χ1) is 9.56. The molecular weight excluding hydrogens is 272 g/mol. The fraction of sp³-hybridized carbons (Fsp3) is 0.357. The molecule has 0 atom stereocenters. The predicted molar refractivity (Wildman–Crippen MR) is 81.9 cm³/mol. The van der Waals surface area contributed by atoms with Gasteiger partial charge in [0.25, 0.3) is 0 Å². The van der Waals surface area contributed by atoms with Gasteiger partial charge in [-0.15, -0.1) is 0 Å². The number of benzene rings is 1. The van der Waals surface area contributed by atoms with E-state index in [-0.39, 0.29) is 0 Å². The molecule has 0 amide bonds. The average molecular weight is 290 g/mol. The molecule has 2 aromatic rings. The Morgan fingerprint density at radius 3 is 2.95 bits per heavy atom. The smallest absolute Gasteiger partial charge is 0.216 e. The van der Waals surface area contributed by atoms with Crippen molar-refractivity contribution in [2.24, 2.45) is 11.0 Å². The van der Waals surface area contributed by atoms with Crippen molar-refractivity contribution in [2.45, 2.75) is 20.8 Å². The minimum absolute atomic E-state index is 0.478. The van der Waals surface area contributed by atoms with Crippen LogP contribution in [0.3, 0.4) is 0 Å². The lowest BCUT2D eigenvalue weighted by Crippen LogP contribution is -2.04. The quantitative estimate of drug-likeness (QED) is 0.680. The Labute approximate surface area is 123 Å². The van der Waals surface area contributed by atoms with Crippen LogP contribution in [0.5, 0.6) is 5.75 Å². The molecule has 0 fully saturated rings. The molecule has 2 rings (SSSR count). The molecule has 5 nitrogen and oxygen atoms in total. The number of aryl methyl sites for hydroxylation is 1. The van der Waals surface area contributed by atoms with Crippen LogP contribution in [-0.2, 0) is 0 Å². The molecule has 1 aromatic carbocycles. The first kappa shape index (κ1) is 14.5. The third kappa shape index (κ3) is 3.77. The standard InChI is InChI=1S/C14H18N4OS/c1-10(2)9-19-13-6-4-5-12(7-13)8-15-18-11(3)16-17-14(18)20/h4-8,10H,9H2,1-3H3,(H,17,20)/b15-8-. The summed E-state index contributed by atoms with van der Waals surface area (Å²) in [6.45, 7) is 6.78. The molecule has 0 aliphatic carbocycles. The largest absolute Gasteiger partial charge is 0.493 e. The molecule has 0 spiro atoms. The molecule has 0 saturated heterocycles. The average Bonchev–Trinajstić information content (AvgIpc) is 2.74. The van der Waals surface area contributed by atoms with E-state index in [2.05, 4.69) is 29.1 Å². The van der Waals surface area contributed by atoms with Gasteiger partial charge in [-0.2, -0.15) is 14.9 Å². The third-order valence-corrected chi connectivity index (χ3v) is 2.84. The molecule has 1 aromatic heterocycles. The van der Waals surface area contributed by atoms with Crippen molar-refractivity contribution in [3.8, 4) is 5.75 Å². The lowest BCUT2D eigenvalue weighted by Gasteiger charge is -2.08. The van der Waals surface area contributed by atoms with Gasteiger partial charge in [0.15, 0.2) is 0 Å². The monoisotopic (exact) mass is 290 g/mol. The second-order valence-corrected chi connectivity index (χ2v) is 5.30. The van der Waals surface area contributed by atoms with Crippen molar-refractivity contribution in [2.75, 3.05) is 6.61 Å². The molecule has 1 heterocycles. The van der Waals surface area contributed by atoms with Gasteiger partial charge in [0.05, 0.1) is 12.8 Å². The Morgan fingerprint density at radius 1 is 1.50 bits per heavy atom. The number of hydrogen-bond acceptors (Lipinski definition) is 4. The van der Waals surface area contributed by atoms with Crippen molar-refractivity contribution in [1.82, 2.24) is 14.9 Å². The fourth-order valence-electron chi connectivity index (χ4n) is 1.58. The molecule has 20 heavy (non-hydrogen) atoms. The molecule has 0 bridgehead atoms. The van der Waals surface area contributed by atoms with Crippen LogP contribution in [0.4, 0.5) is 0 Å². The maximum Gasteiger partial charge on any atom is 0.216 e. The summed E-state index contributed by atoms with van der Waals surface area (Å²) in [5.41, 5.74) is 0.953. The fourth-order valence-corrected chi connectivity index (χ4v) is 1.80. The van der Waals surface area contributed by atoms with Crippen LogP contribution < -0.4 is 4.74 Å². The number of aromatic amines is 1. The summed E-state index contributed by atoms with van der Waals surface area (Å²) in [4.78, 5) is 0. The summed E-state index contributed by atoms with van der Waals surface area (Å²) >= 11 is 5.09. The number of hydrogen-bond donors (Lipinski definition) is 1. The first-order valence-corrected chi connectivity index (χ1v) is 6.88. The minimum Gasteiger partial charge on any atom is -0.493 e. The highest BCUT2D eigenvalue weighted by Gasteiger charge is 1.99. The van der Waals surface area contributed by atoms with E-state index in [0.717, 1.165) is 17.1 Å². The predicted octanol–water partition coefficient (Wildman–Crippen LogP) is 3.17. The van der Waals surface area contributed by atoms with Crippen molar-refractivity contribution in [3.05, 3.63) is 40.4 Å². The lowest BCUT2D eigenvalue weighted by atomic mass is 10.2. The molecule has 0 unspecified atom stereocenters. The van der Waals surface area contributed by atoms with Crippen molar-refractivity contribution < 1.29 is 4.74 Å². The van der Waals surface area contributed by atoms with E-state index in [9.17, 15) is 0 Å². The highest BCUT2D eigenvalue weighted by molar-refractivity contribution is 7.71. The molecule has 6 heteroatoms. The molecule has 0 aliphatic rings. The summed E-state index contributed by atoms with van der Waals surface area (Å²) in [7, 11) is 0. The maximum atomic E-state index is 5.69. The number of aromatic nitrogens is 3. The topological polar surface area (TPSA) is 55.2 Å². The van der Waals surface area contributed by atoms with Crippen molar-refractivity contribution in [1.29, 1.82) is 0 Å². The van der Waals surface area contributed by atoms with E-state index in [0.29, 0.717) is 17.3 Å². The summed E-state index contributed by atoms with van der Waals surface area (Å²) in [5.74, 6) is 2.06. The van der Waals surface area contributed by atoms with E-state index < -0.39 is 0 Å². The van der Waals surface area contributed by atoms with E-state index in [1.54, 1.807) is 10.9 Å².